The molecule has 1 heterocycles. The molecule has 1 aliphatic rings. The fraction of sp³-hybridized carbons (Fsp3) is 0.200. The normalized spacial score (nSPS) is 13.8. The summed E-state index contributed by atoms with van der Waals surface area (Å²) in [4.78, 5) is 29.9. The molecule has 4 nitrogen and oxygen atoms in total. The lowest BCUT2D eigenvalue weighted by Gasteiger charge is -2.24. The smallest absolute Gasteiger partial charge is 0.259 e. The van der Waals surface area contributed by atoms with E-state index in [1.807, 2.05) is 80.6 Å². The van der Waals surface area contributed by atoms with E-state index in [2.05, 4.69) is 5.32 Å². The first kappa shape index (κ1) is 21.5. The number of carbonyl (C=O) groups excluding carboxylic acids is 2. The Balaban J connectivity index is 1.79. The fourth-order valence-corrected chi connectivity index (χ4v) is 4.72. The van der Waals surface area contributed by atoms with Gasteiger partial charge < -0.3 is 10.2 Å². The van der Waals surface area contributed by atoms with E-state index in [0.717, 1.165) is 27.5 Å². The van der Waals surface area contributed by atoms with Crippen molar-refractivity contribution in [2.45, 2.75) is 42.6 Å². The molecule has 2 amide bonds. The summed E-state index contributed by atoms with van der Waals surface area (Å²) >= 11 is 7.72. The van der Waals surface area contributed by atoms with E-state index in [0.29, 0.717) is 22.7 Å². The van der Waals surface area contributed by atoms with Gasteiger partial charge in [0.05, 0.1) is 17.8 Å². The Kier molecular flexibility index (Phi) is 6.35. The van der Waals surface area contributed by atoms with E-state index < -0.39 is 0 Å². The summed E-state index contributed by atoms with van der Waals surface area (Å²) in [5, 5.41) is 3.62. The highest BCUT2D eigenvalue weighted by Gasteiger charge is 2.28. The third kappa shape index (κ3) is 4.63. The van der Waals surface area contributed by atoms with Crippen LogP contribution < -0.4 is 10.2 Å². The molecule has 0 bridgehead atoms. The minimum Gasteiger partial charge on any atom is -0.350 e. The number of halogens is 1. The van der Waals surface area contributed by atoms with Crippen molar-refractivity contribution in [1.82, 2.24) is 5.32 Å². The molecule has 0 aromatic heterocycles. The van der Waals surface area contributed by atoms with Crippen LogP contribution in [-0.4, -0.2) is 17.9 Å². The molecule has 6 heteroatoms. The highest BCUT2D eigenvalue weighted by molar-refractivity contribution is 7.99. The van der Waals surface area contributed by atoms with E-state index in [-0.39, 0.29) is 17.9 Å². The van der Waals surface area contributed by atoms with Crippen molar-refractivity contribution in [3.05, 3.63) is 88.4 Å². The number of amides is 2. The Morgan fingerprint density at radius 1 is 1.06 bits per heavy atom. The number of carbonyl (C=O) groups is 2. The zero-order valence-corrected chi connectivity index (χ0v) is 19.0. The molecule has 3 aromatic carbocycles. The summed E-state index contributed by atoms with van der Waals surface area (Å²) in [7, 11) is 0. The average molecular weight is 451 g/mol. The number of anilines is 1. The Hall–Kier alpha value is -2.76. The van der Waals surface area contributed by atoms with Gasteiger partial charge in [-0.05, 0) is 61.4 Å². The molecule has 1 unspecified atom stereocenters. The minimum atomic E-state index is -0.140. The van der Waals surface area contributed by atoms with Crippen LogP contribution in [0.1, 0.15) is 46.5 Å². The van der Waals surface area contributed by atoms with E-state index in [1.54, 1.807) is 16.7 Å². The second kappa shape index (κ2) is 9.16. The van der Waals surface area contributed by atoms with Gasteiger partial charge in [-0.3, -0.25) is 9.59 Å². The zero-order chi connectivity index (χ0) is 22.0. The quantitative estimate of drug-likeness (QED) is 0.505. The molecule has 1 atom stereocenters. The Morgan fingerprint density at radius 3 is 2.65 bits per heavy atom. The van der Waals surface area contributed by atoms with Crippen molar-refractivity contribution < 1.29 is 9.59 Å². The lowest BCUT2D eigenvalue weighted by Crippen LogP contribution is -2.33. The topological polar surface area (TPSA) is 49.4 Å². The van der Waals surface area contributed by atoms with Crippen LogP contribution >= 0.6 is 23.4 Å². The van der Waals surface area contributed by atoms with Gasteiger partial charge in [0.1, 0.15) is 0 Å². The Bertz CT molecular complexity index is 1150. The third-order valence-corrected chi connectivity index (χ3v) is 6.69. The first-order chi connectivity index (χ1) is 15.0. The second-order valence-electron chi connectivity index (χ2n) is 7.58. The molecule has 4 rings (SSSR count). The maximum absolute atomic E-state index is 13.6. The van der Waals surface area contributed by atoms with Gasteiger partial charge in [0.2, 0.25) is 0 Å². The van der Waals surface area contributed by atoms with Crippen molar-refractivity contribution in [3.8, 4) is 0 Å². The van der Waals surface area contributed by atoms with Gasteiger partial charge in [0.15, 0.2) is 0 Å². The predicted octanol–water partition coefficient (Wildman–Crippen LogP) is 6.18. The number of nitrogens with zero attached hydrogens (tertiary/aromatic N) is 1. The number of nitrogens with one attached hydrogen (secondary N) is 1. The van der Waals surface area contributed by atoms with E-state index in [4.69, 9.17) is 11.6 Å². The molecule has 1 aliphatic heterocycles. The van der Waals surface area contributed by atoms with Crippen LogP contribution in [-0.2, 0) is 6.54 Å². The molecule has 0 aliphatic carbocycles. The van der Waals surface area contributed by atoms with Crippen molar-refractivity contribution >= 4 is 40.9 Å². The van der Waals surface area contributed by atoms with Gasteiger partial charge in [-0.25, -0.2) is 0 Å². The maximum Gasteiger partial charge on any atom is 0.259 e. The Labute approximate surface area is 191 Å². The Morgan fingerprint density at radius 2 is 1.87 bits per heavy atom. The maximum atomic E-state index is 13.6. The molecule has 0 saturated heterocycles. The first-order valence-electron chi connectivity index (χ1n) is 10.2. The van der Waals surface area contributed by atoms with Crippen molar-refractivity contribution in [3.63, 3.8) is 0 Å². The van der Waals surface area contributed by atoms with Crippen LogP contribution in [0.15, 0.2) is 76.5 Å². The number of rotatable bonds is 5. The fourth-order valence-electron chi connectivity index (χ4n) is 3.45. The molecular formula is C25H23ClN2O2S. The summed E-state index contributed by atoms with van der Waals surface area (Å²) in [6.07, 6.45) is 0.848. The number of hydrogen-bond donors (Lipinski definition) is 1. The molecule has 0 saturated carbocycles. The molecular weight excluding hydrogens is 428 g/mol. The molecule has 31 heavy (non-hydrogen) atoms. The zero-order valence-electron chi connectivity index (χ0n) is 17.4. The van der Waals surface area contributed by atoms with Crippen LogP contribution in [0.25, 0.3) is 0 Å². The van der Waals surface area contributed by atoms with Crippen molar-refractivity contribution in [2.75, 3.05) is 4.90 Å². The minimum absolute atomic E-state index is 0.0779. The molecule has 0 fully saturated rings. The highest BCUT2D eigenvalue weighted by atomic mass is 35.5. The van der Waals surface area contributed by atoms with Crippen molar-refractivity contribution in [2.24, 2.45) is 0 Å². The largest absolute Gasteiger partial charge is 0.350 e. The summed E-state index contributed by atoms with van der Waals surface area (Å²) in [6, 6.07) is 20.7. The SMILES string of the molecule is CCC(C)NC(=O)c1ccc2c(c1)N(Cc1cccc(Cl)c1)C(=O)c1ccccc1S2. The van der Waals surface area contributed by atoms with E-state index in [9.17, 15) is 9.59 Å². The standard InChI is InChI=1S/C25H23ClN2O2S/c1-3-16(2)27-24(29)18-11-12-23-21(14-18)28(15-17-7-6-8-19(26)13-17)25(30)20-9-4-5-10-22(20)31-23/h4-14,16H,3,15H2,1-2H3,(H,27,29). The van der Waals surface area contributed by atoms with E-state index >= 15 is 0 Å². The molecule has 1 N–H and O–H groups in total. The lowest BCUT2D eigenvalue weighted by molar-refractivity contribution is 0.0936. The first-order valence-corrected chi connectivity index (χ1v) is 11.4. The second-order valence-corrected chi connectivity index (χ2v) is 9.10. The van der Waals surface area contributed by atoms with Crippen LogP contribution in [0.3, 0.4) is 0 Å². The van der Waals surface area contributed by atoms with Crippen LogP contribution in [0.5, 0.6) is 0 Å². The molecule has 0 radical (unpaired) electrons. The average Bonchev–Trinajstić information content (AvgIpc) is 2.88. The summed E-state index contributed by atoms with van der Waals surface area (Å²) in [5.74, 6) is -0.236. The summed E-state index contributed by atoms with van der Waals surface area (Å²) in [5.41, 5.74) is 2.83. The van der Waals surface area contributed by atoms with Crippen molar-refractivity contribution in [1.29, 1.82) is 0 Å². The number of hydrogen-bond acceptors (Lipinski definition) is 3. The van der Waals surface area contributed by atoms with Gasteiger partial charge in [-0.2, -0.15) is 0 Å². The van der Waals surface area contributed by atoms with Gasteiger partial charge in [-0.15, -0.1) is 0 Å². The van der Waals surface area contributed by atoms with Crippen LogP contribution in [0, 0.1) is 0 Å². The number of benzene rings is 3. The van der Waals surface area contributed by atoms with Crippen LogP contribution in [0.2, 0.25) is 5.02 Å². The molecule has 158 valence electrons. The molecule has 3 aromatic rings. The number of fused-ring (bicyclic) bond motifs is 2. The van der Waals surface area contributed by atoms with Gasteiger partial charge >= 0.3 is 0 Å². The van der Waals surface area contributed by atoms with Gasteiger partial charge in [0.25, 0.3) is 11.8 Å². The van der Waals surface area contributed by atoms with E-state index in [1.165, 1.54) is 0 Å². The molecule has 0 spiro atoms. The van der Waals surface area contributed by atoms with Gasteiger partial charge in [0, 0.05) is 26.4 Å². The van der Waals surface area contributed by atoms with Gasteiger partial charge in [-0.1, -0.05) is 54.6 Å². The highest BCUT2D eigenvalue weighted by Crippen LogP contribution is 2.42. The lowest BCUT2D eigenvalue weighted by atomic mass is 10.1. The van der Waals surface area contributed by atoms with Crippen LogP contribution in [0.4, 0.5) is 5.69 Å². The summed E-state index contributed by atoms with van der Waals surface area (Å²) in [6.45, 7) is 4.36. The predicted molar refractivity (Wildman–Crippen MR) is 126 cm³/mol. The third-order valence-electron chi connectivity index (χ3n) is 5.31. The monoisotopic (exact) mass is 450 g/mol. The summed E-state index contributed by atoms with van der Waals surface area (Å²) < 4.78 is 0.